The fourth-order valence-corrected chi connectivity index (χ4v) is 2.70. The highest BCUT2D eigenvalue weighted by atomic mass is 16.3. The van der Waals surface area contributed by atoms with Gasteiger partial charge in [-0.15, -0.1) is 0 Å². The van der Waals surface area contributed by atoms with Crippen molar-refractivity contribution in [3.63, 3.8) is 0 Å². The van der Waals surface area contributed by atoms with Gasteiger partial charge in [0.05, 0.1) is 38.1 Å². The van der Waals surface area contributed by atoms with E-state index in [-0.39, 0.29) is 5.75 Å². The molecule has 0 atom stereocenters. The number of phenolic OH excluding ortho intramolecular Hbond substituents is 1. The molecule has 18 heavy (non-hydrogen) atoms. The van der Waals surface area contributed by atoms with Crippen LogP contribution in [0.5, 0.6) is 5.75 Å². The van der Waals surface area contributed by atoms with Crippen LogP contribution in [0.1, 0.15) is 19.3 Å². The van der Waals surface area contributed by atoms with Crippen LogP contribution in [0.15, 0.2) is 18.2 Å². The lowest BCUT2D eigenvalue weighted by molar-refractivity contribution is -0.897. The number of anilines is 2. The van der Waals surface area contributed by atoms with Gasteiger partial charge in [0, 0.05) is 31.9 Å². The normalized spacial score (nSPS) is 17.8. The van der Waals surface area contributed by atoms with Crippen LogP contribution in [-0.4, -0.2) is 42.8 Å². The van der Waals surface area contributed by atoms with E-state index in [0.29, 0.717) is 5.69 Å². The van der Waals surface area contributed by atoms with E-state index in [2.05, 4.69) is 12.4 Å². The summed E-state index contributed by atoms with van der Waals surface area (Å²) in [6.45, 7) is 4.75. The summed E-state index contributed by atoms with van der Waals surface area (Å²) in [6.07, 6.45) is 3.86. The summed E-state index contributed by atoms with van der Waals surface area (Å²) < 4.78 is 1.21. The van der Waals surface area contributed by atoms with E-state index in [9.17, 15) is 5.11 Å². The topological polar surface area (TPSA) is 58.3 Å². The number of hydrogen-bond donors (Lipinski definition) is 3. The number of benzene rings is 1. The van der Waals surface area contributed by atoms with E-state index in [1.165, 1.54) is 37.0 Å². The number of nitrogens with one attached hydrogen (secondary N) is 1. The molecular weight excluding hydrogens is 226 g/mol. The fraction of sp³-hybridized carbons (Fsp3) is 0.571. The van der Waals surface area contributed by atoms with E-state index >= 15 is 0 Å². The smallest absolute Gasteiger partial charge is 0.117 e. The highest BCUT2D eigenvalue weighted by molar-refractivity contribution is 5.67. The molecule has 100 valence electrons. The van der Waals surface area contributed by atoms with Gasteiger partial charge < -0.3 is 20.6 Å². The van der Waals surface area contributed by atoms with Crippen molar-refractivity contribution in [2.75, 3.05) is 44.3 Å². The van der Waals surface area contributed by atoms with E-state index in [1.807, 2.05) is 0 Å². The first-order valence-electron chi connectivity index (χ1n) is 6.75. The van der Waals surface area contributed by atoms with Crippen molar-refractivity contribution >= 4 is 11.4 Å². The van der Waals surface area contributed by atoms with Gasteiger partial charge in [-0.2, -0.15) is 0 Å². The lowest BCUT2D eigenvalue weighted by Crippen LogP contribution is -2.42. The molecule has 0 aromatic heterocycles. The monoisotopic (exact) mass is 250 g/mol. The molecule has 0 saturated carbocycles. The zero-order chi connectivity index (χ0) is 13.0. The van der Waals surface area contributed by atoms with Crippen LogP contribution in [0.2, 0.25) is 0 Å². The number of nitrogen functional groups attached to an aromatic ring is 1. The minimum Gasteiger partial charge on any atom is -0.508 e. The number of aromatic hydroxyl groups is 1. The lowest BCUT2D eigenvalue weighted by Gasteiger charge is -2.29. The first-order chi connectivity index (χ1) is 8.59. The average molecular weight is 250 g/mol. The maximum Gasteiger partial charge on any atom is 0.117 e. The molecule has 1 saturated heterocycles. The number of quaternary nitrogens is 1. The second-order valence-corrected chi connectivity index (χ2v) is 5.55. The molecule has 0 radical (unpaired) electrons. The predicted molar refractivity (Wildman–Crippen MR) is 75.6 cm³/mol. The van der Waals surface area contributed by atoms with Gasteiger partial charge in [-0.25, -0.2) is 0 Å². The Bertz CT molecular complexity index is 400. The van der Waals surface area contributed by atoms with Crippen molar-refractivity contribution in [1.82, 2.24) is 0 Å². The van der Waals surface area contributed by atoms with Crippen LogP contribution in [0, 0.1) is 0 Å². The van der Waals surface area contributed by atoms with Gasteiger partial charge in [-0.3, -0.25) is 0 Å². The molecule has 1 aromatic carbocycles. The summed E-state index contributed by atoms with van der Waals surface area (Å²) in [5.41, 5.74) is 7.36. The van der Waals surface area contributed by atoms with E-state index in [0.717, 1.165) is 18.7 Å². The Morgan fingerprint density at radius 2 is 2.06 bits per heavy atom. The summed E-state index contributed by atoms with van der Waals surface area (Å²) >= 11 is 0. The molecule has 0 unspecified atom stereocenters. The van der Waals surface area contributed by atoms with E-state index in [4.69, 9.17) is 5.73 Å². The summed E-state index contributed by atoms with van der Waals surface area (Å²) in [5.74, 6) is 0.255. The third-order valence-corrected chi connectivity index (χ3v) is 3.87. The maximum atomic E-state index is 9.41. The zero-order valence-corrected chi connectivity index (χ0v) is 11.2. The molecule has 4 nitrogen and oxygen atoms in total. The number of rotatable bonds is 5. The lowest BCUT2D eigenvalue weighted by atomic mass is 10.2. The Balaban J connectivity index is 1.76. The van der Waals surface area contributed by atoms with Crippen LogP contribution >= 0.6 is 0 Å². The highest BCUT2D eigenvalue weighted by Gasteiger charge is 2.25. The molecule has 1 aromatic rings. The Kier molecular flexibility index (Phi) is 3.97. The number of hydrogen-bond acceptors (Lipinski definition) is 3. The van der Waals surface area contributed by atoms with Crippen molar-refractivity contribution in [3.8, 4) is 5.75 Å². The second kappa shape index (κ2) is 5.48. The van der Waals surface area contributed by atoms with Crippen LogP contribution < -0.4 is 11.1 Å². The van der Waals surface area contributed by atoms with Crippen molar-refractivity contribution in [2.45, 2.75) is 19.3 Å². The summed E-state index contributed by atoms with van der Waals surface area (Å²) in [5, 5.41) is 12.7. The van der Waals surface area contributed by atoms with Gasteiger partial charge in [0.2, 0.25) is 0 Å². The van der Waals surface area contributed by atoms with Crippen molar-refractivity contribution < 1.29 is 9.59 Å². The van der Waals surface area contributed by atoms with Crippen LogP contribution in [-0.2, 0) is 0 Å². The molecule has 1 aliphatic rings. The Hall–Kier alpha value is -1.42. The molecule has 1 aliphatic heterocycles. The van der Waals surface area contributed by atoms with Gasteiger partial charge in [-0.1, -0.05) is 0 Å². The van der Waals surface area contributed by atoms with Gasteiger partial charge in [0.25, 0.3) is 0 Å². The molecule has 0 bridgehead atoms. The Labute approximate surface area is 109 Å². The number of phenols is 1. The minimum atomic E-state index is 0.255. The molecule has 0 spiro atoms. The first kappa shape index (κ1) is 13.0. The van der Waals surface area contributed by atoms with Crippen LogP contribution in [0.4, 0.5) is 11.4 Å². The Morgan fingerprint density at radius 1 is 1.33 bits per heavy atom. The van der Waals surface area contributed by atoms with Gasteiger partial charge in [0.15, 0.2) is 0 Å². The zero-order valence-electron chi connectivity index (χ0n) is 11.2. The molecule has 2 rings (SSSR count). The average Bonchev–Trinajstić information content (AvgIpc) is 2.76. The fourth-order valence-electron chi connectivity index (χ4n) is 2.70. The standard InChI is InChI=1S/C14H23N3O/c1-17(8-2-3-9-17)10-4-7-16-14-11-12(18)5-6-13(14)15/h5-6,11,16H,2-4,7-10,15H2,1H3/p+1. The van der Waals surface area contributed by atoms with Gasteiger partial charge in [0.1, 0.15) is 5.75 Å². The SMILES string of the molecule is C[N+]1(CCCNc2cc(O)ccc2N)CCCC1. The van der Waals surface area contributed by atoms with Crippen LogP contribution in [0.3, 0.4) is 0 Å². The molecule has 0 amide bonds. The maximum absolute atomic E-state index is 9.41. The third-order valence-electron chi connectivity index (χ3n) is 3.87. The van der Waals surface area contributed by atoms with Crippen LogP contribution in [0.25, 0.3) is 0 Å². The van der Waals surface area contributed by atoms with Crippen molar-refractivity contribution in [3.05, 3.63) is 18.2 Å². The van der Waals surface area contributed by atoms with Gasteiger partial charge >= 0.3 is 0 Å². The number of likely N-dealkylation sites (tertiary alicyclic amines) is 1. The van der Waals surface area contributed by atoms with E-state index < -0.39 is 0 Å². The first-order valence-corrected chi connectivity index (χ1v) is 6.75. The molecule has 4 heteroatoms. The number of nitrogens with two attached hydrogens (primary N) is 1. The summed E-state index contributed by atoms with van der Waals surface area (Å²) in [4.78, 5) is 0. The molecular formula is C14H24N3O+. The third kappa shape index (κ3) is 3.29. The number of nitrogens with zero attached hydrogens (tertiary/aromatic N) is 1. The van der Waals surface area contributed by atoms with Gasteiger partial charge in [-0.05, 0) is 12.1 Å². The minimum absolute atomic E-state index is 0.255. The summed E-state index contributed by atoms with van der Waals surface area (Å²) in [7, 11) is 2.34. The molecule has 1 fully saturated rings. The summed E-state index contributed by atoms with van der Waals surface area (Å²) in [6, 6.07) is 5.02. The molecule has 0 aliphatic carbocycles. The molecule has 4 N–H and O–H groups in total. The quantitative estimate of drug-likeness (QED) is 0.324. The highest BCUT2D eigenvalue weighted by Crippen LogP contribution is 2.23. The molecule has 1 heterocycles. The van der Waals surface area contributed by atoms with Crippen molar-refractivity contribution in [2.24, 2.45) is 0 Å². The van der Waals surface area contributed by atoms with Crippen molar-refractivity contribution in [1.29, 1.82) is 0 Å². The predicted octanol–water partition coefficient (Wildman–Crippen LogP) is 2.02. The largest absolute Gasteiger partial charge is 0.508 e. The van der Waals surface area contributed by atoms with E-state index in [1.54, 1.807) is 18.2 Å². The Morgan fingerprint density at radius 3 is 2.78 bits per heavy atom. The second-order valence-electron chi connectivity index (χ2n) is 5.55.